The number of nitrogens with zero attached hydrogens (tertiary/aromatic N) is 2. The van der Waals surface area contributed by atoms with Crippen LogP contribution in [0.4, 0.5) is 0 Å². The molecule has 0 unspecified atom stereocenters. The highest BCUT2D eigenvalue weighted by atomic mass is 16.5. The van der Waals surface area contributed by atoms with Gasteiger partial charge in [0.25, 0.3) is 5.91 Å². The van der Waals surface area contributed by atoms with Gasteiger partial charge in [-0.1, -0.05) is 23.4 Å². The van der Waals surface area contributed by atoms with Gasteiger partial charge in [-0.25, -0.2) is 0 Å². The number of pyridine rings is 1. The molecule has 0 aliphatic heterocycles. The van der Waals surface area contributed by atoms with Gasteiger partial charge in [-0.15, -0.1) is 0 Å². The van der Waals surface area contributed by atoms with Crippen molar-refractivity contribution in [2.24, 2.45) is 0 Å². The molecule has 1 amide bonds. The lowest BCUT2D eigenvalue weighted by Gasteiger charge is -2.11. The largest absolute Gasteiger partial charge is 0.494 e. The highest BCUT2D eigenvalue weighted by Gasteiger charge is 2.22. The van der Waals surface area contributed by atoms with Crippen molar-refractivity contribution < 1.29 is 14.1 Å². The molecule has 1 N–H and O–H groups in total. The Labute approximate surface area is 145 Å². The summed E-state index contributed by atoms with van der Waals surface area (Å²) in [5.41, 5.74) is 2.58. The second-order valence-electron chi connectivity index (χ2n) is 5.44. The number of nitrogens with one attached hydrogen (secondary N) is 1. The van der Waals surface area contributed by atoms with E-state index >= 15 is 0 Å². The number of rotatable bonds is 6. The first-order valence-electron chi connectivity index (χ1n) is 8.06. The lowest BCUT2D eigenvalue weighted by Crippen LogP contribution is -2.24. The number of aryl methyl sites for hydroxylation is 1. The first-order valence-corrected chi connectivity index (χ1v) is 8.06. The van der Waals surface area contributed by atoms with Crippen molar-refractivity contribution in [2.75, 3.05) is 6.61 Å². The molecule has 0 atom stereocenters. The first-order chi connectivity index (χ1) is 12.2. The number of carbonyl (C=O) groups excluding carboxylic acids is 1. The molecule has 0 fully saturated rings. The van der Waals surface area contributed by atoms with Crippen molar-refractivity contribution in [3.8, 4) is 17.1 Å². The smallest absolute Gasteiger partial charge is 0.257 e. The van der Waals surface area contributed by atoms with Crippen LogP contribution in [0.5, 0.6) is 5.75 Å². The Hall–Kier alpha value is -3.15. The molecule has 6 nitrogen and oxygen atoms in total. The Bertz CT molecular complexity index is 859. The summed E-state index contributed by atoms with van der Waals surface area (Å²) >= 11 is 0. The molecule has 2 aromatic heterocycles. The van der Waals surface area contributed by atoms with Gasteiger partial charge in [-0.3, -0.25) is 9.78 Å². The van der Waals surface area contributed by atoms with Crippen LogP contribution >= 0.6 is 0 Å². The number of benzene rings is 1. The van der Waals surface area contributed by atoms with E-state index in [9.17, 15) is 4.79 Å². The SMILES string of the molecule is CCOc1ccccc1CNC(=O)c1c(C)noc1-c1cccnc1. The predicted molar refractivity (Wildman–Crippen MR) is 93.3 cm³/mol. The number of hydrogen-bond acceptors (Lipinski definition) is 5. The zero-order valence-electron chi connectivity index (χ0n) is 14.2. The normalized spacial score (nSPS) is 10.5. The van der Waals surface area contributed by atoms with E-state index in [4.69, 9.17) is 9.26 Å². The van der Waals surface area contributed by atoms with Crippen molar-refractivity contribution in [2.45, 2.75) is 20.4 Å². The van der Waals surface area contributed by atoms with Gasteiger partial charge in [0.2, 0.25) is 0 Å². The molecule has 0 saturated heterocycles. The molecule has 6 heteroatoms. The molecule has 1 aromatic carbocycles. The van der Waals surface area contributed by atoms with Gasteiger partial charge in [-0.05, 0) is 32.0 Å². The number of ether oxygens (including phenoxy) is 1. The summed E-state index contributed by atoms with van der Waals surface area (Å²) in [6.45, 7) is 4.59. The molecule has 0 spiro atoms. The highest BCUT2D eigenvalue weighted by Crippen LogP contribution is 2.25. The van der Waals surface area contributed by atoms with Crippen LogP contribution in [0.3, 0.4) is 0 Å². The molecule has 0 saturated carbocycles. The number of aromatic nitrogens is 2. The van der Waals surface area contributed by atoms with Gasteiger partial charge in [-0.2, -0.15) is 0 Å². The van der Waals surface area contributed by atoms with E-state index in [0.29, 0.717) is 35.7 Å². The van der Waals surface area contributed by atoms with E-state index in [0.717, 1.165) is 11.3 Å². The second kappa shape index (κ2) is 7.61. The van der Waals surface area contributed by atoms with Crippen LogP contribution in [0.2, 0.25) is 0 Å². The van der Waals surface area contributed by atoms with E-state index in [2.05, 4.69) is 15.5 Å². The van der Waals surface area contributed by atoms with Gasteiger partial charge in [0.15, 0.2) is 5.76 Å². The maximum Gasteiger partial charge on any atom is 0.257 e. The van der Waals surface area contributed by atoms with Crippen LogP contribution in [-0.4, -0.2) is 22.7 Å². The summed E-state index contributed by atoms with van der Waals surface area (Å²) in [7, 11) is 0. The third kappa shape index (κ3) is 3.68. The van der Waals surface area contributed by atoms with Crippen LogP contribution in [0, 0.1) is 6.92 Å². The summed E-state index contributed by atoms with van der Waals surface area (Å²) in [6.07, 6.45) is 3.30. The van der Waals surface area contributed by atoms with E-state index in [1.165, 1.54) is 0 Å². The van der Waals surface area contributed by atoms with E-state index < -0.39 is 0 Å². The van der Waals surface area contributed by atoms with Crippen molar-refractivity contribution in [3.63, 3.8) is 0 Å². The maximum atomic E-state index is 12.7. The van der Waals surface area contributed by atoms with E-state index in [-0.39, 0.29) is 5.91 Å². The van der Waals surface area contributed by atoms with E-state index in [1.807, 2.05) is 37.3 Å². The third-order valence-electron chi connectivity index (χ3n) is 3.73. The molecule has 3 aromatic rings. The summed E-state index contributed by atoms with van der Waals surface area (Å²) in [5, 5.41) is 6.84. The fourth-order valence-electron chi connectivity index (χ4n) is 2.54. The van der Waals surface area contributed by atoms with Crippen molar-refractivity contribution >= 4 is 5.91 Å². The van der Waals surface area contributed by atoms with Crippen LogP contribution in [0.1, 0.15) is 28.5 Å². The quantitative estimate of drug-likeness (QED) is 0.746. The van der Waals surface area contributed by atoms with Crippen molar-refractivity contribution in [1.82, 2.24) is 15.5 Å². The maximum absolute atomic E-state index is 12.7. The molecule has 2 heterocycles. The summed E-state index contributed by atoms with van der Waals surface area (Å²) in [5.74, 6) is 0.935. The van der Waals surface area contributed by atoms with Gasteiger partial charge < -0.3 is 14.6 Å². The Morgan fingerprint density at radius 2 is 2.08 bits per heavy atom. The predicted octanol–water partition coefficient (Wildman–Crippen LogP) is 3.37. The Morgan fingerprint density at radius 1 is 1.24 bits per heavy atom. The van der Waals surface area contributed by atoms with Crippen molar-refractivity contribution in [1.29, 1.82) is 0 Å². The standard InChI is InChI=1S/C19H19N3O3/c1-3-24-16-9-5-4-7-14(16)12-21-19(23)17-13(2)22-25-18(17)15-8-6-10-20-11-15/h4-11H,3,12H2,1-2H3,(H,21,23). The average Bonchev–Trinajstić information content (AvgIpc) is 3.03. The molecule has 128 valence electrons. The molecular formula is C19H19N3O3. The van der Waals surface area contributed by atoms with Crippen LogP contribution in [0.25, 0.3) is 11.3 Å². The molecule has 0 radical (unpaired) electrons. The Morgan fingerprint density at radius 3 is 2.84 bits per heavy atom. The zero-order chi connectivity index (χ0) is 17.6. The minimum atomic E-state index is -0.246. The fourth-order valence-corrected chi connectivity index (χ4v) is 2.54. The summed E-state index contributed by atoms with van der Waals surface area (Å²) in [4.78, 5) is 16.8. The minimum absolute atomic E-state index is 0.246. The van der Waals surface area contributed by atoms with Crippen LogP contribution in [-0.2, 0) is 6.54 Å². The van der Waals surface area contributed by atoms with Gasteiger partial charge in [0.05, 0.1) is 12.3 Å². The van der Waals surface area contributed by atoms with Gasteiger partial charge in [0.1, 0.15) is 11.3 Å². The third-order valence-corrected chi connectivity index (χ3v) is 3.73. The van der Waals surface area contributed by atoms with Crippen molar-refractivity contribution in [3.05, 3.63) is 65.6 Å². The molecule has 25 heavy (non-hydrogen) atoms. The number of carbonyl (C=O) groups is 1. The van der Waals surface area contributed by atoms with E-state index in [1.54, 1.807) is 25.4 Å². The van der Waals surface area contributed by atoms with Crippen LogP contribution < -0.4 is 10.1 Å². The monoisotopic (exact) mass is 337 g/mol. The Kier molecular flexibility index (Phi) is 5.09. The fraction of sp³-hybridized carbons (Fsp3) is 0.211. The minimum Gasteiger partial charge on any atom is -0.494 e. The zero-order valence-corrected chi connectivity index (χ0v) is 14.2. The highest BCUT2D eigenvalue weighted by molar-refractivity contribution is 6.00. The van der Waals surface area contributed by atoms with Gasteiger partial charge in [0, 0.05) is 30.1 Å². The number of amides is 1. The van der Waals surface area contributed by atoms with Crippen LogP contribution in [0.15, 0.2) is 53.3 Å². The first kappa shape index (κ1) is 16.7. The molecule has 0 bridgehead atoms. The molecule has 0 aliphatic carbocycles. The second-order valence-corrected chi connectivity index (χ2v) is 5.44. The van der Waals surface area contributed by atoms with Gasteiger partial charge >= 0.3 is 0 Å². The molecule has 3 rings (SSSR count). The topological polar surface area (TPSA) is 77.2 Å². The lowest BCUT2D eigenvalue weighted by atomic mass is 10.1. The summed E-state index contributed by atoms with van der Waals surface area (Å²) < 4.78 is 10.9. The lowest BCUT2D eigenvalue weighted by molar-refractivity contribution is 0.0950. The number of para-hydroxylation sites is 1. The summed E-state index contributed by atoms with van der Waals surface area (Å²) in [6, 6.07) is 11.2. The number of hydrogen-bond donors (Lipinski definition) is 1. The average molecular weight is 337 g/mol. The Balaban J connectivity index is 1.80. The molecule has 0 aliphatic rings. The molecular weight excluding hydrogens is 318 g/mol.